The summed E-state index contributed by atoms with van der Waals surface area (Å²) < 4.78 is 58.7. The smallest absolute Gasteiger partial charge is 0.396 e. The first-order valence-electron chi connectivity index (χ1n) is 3.25. The van der Waals surface area contributed by atoms with Crippen LogP contribution in [0.3, 0.4) is 0 Å². The van der Waals surface area contributed by atoms with Gasteiger partial charge in [0, 0.05) is 12.4 Å². The molecule has 0 aromatic carbocycles. The molecule has 0 atom stereocenters. The van der Waals surface area contributed by atoms with Gasteiger partial charge in [-0.05, 0) is 6.42 Å². The summed E-state index contributed by atoms with van der Waals surface area (Å²) in [6, 6.07) is 0. The highest BCUT2D eigenvalue weighted by Gasteiger charge is 2.38. The number of hydrogen-bond acceptors (Lipinski definition) is 2. The van der Waals surface area contributed by atoms with Crippen molar-refractivity contribution in [3.05, 3.63) is 11.0 Å². The van der Waals surface area contributed by atoms with E-state index in [-0.39, 0.29) is 30.5 Å². The highest BCUT2D eigenvalue weighted by Crippen LogP contribution is 2.34. The maximum absolute atomic E-state index is 12.3. The molecule has 0 amide bonds. The molecule has 0 rings (SSSR count). The number of hydrogen-bond donors (Lipinski definition) is 1. The Bertz CT molecular complexity index is 188. The van der Waals surface area contributed by atoms with Gasteiger partial charge in [-0.25, -0.2) is 0 Å². The van der Waals surface area contributed by atoms with Crippen molar-refractivity contribution in [2.24, 2.45) is 0 Å². The Balaban J connectivity index is 4.12. The average molecular weight is 222 g/mol. The van der Waals surface area contributed by atoms with Crippen molar-refractivity contribution in [1.82, 2.24) is 0 Å². The second-order valence-electron chi connectivity index (χ2n) is 2.01. The van der Waals surface area contributed by atoms with Gasteiger partial charge in [-0.1, -0.05) is 11.8 Å². The molecule has 1 N–H and O–H groups in total. The van der Waals surface area contributed by atoms with Gasteiger partial charge in [0.1, 0.15) is 0 Å². The second kappa shape index (κ2) is 5.43. The van der Waals surface area contributed by atoms with Crippen LogP contribution in [0, 0.1) is 0 Å². The van der Waals surface area contributed by atoms with Crippen LogP contribution in [0.15, 0.2) is 11.0 Å². The van der Waals surface area contributed by atoms with Gasteiger partial charge in [0.2, 0.25) is 5.83 Å². The van der Waals surface area contributed by atoms with Gasteiger partial charge in [0.25, 0.3) is 0 Å². The summed E-state index contributed by atoms with van der Waals surface area (Å²) in [7, 11) is 0. The Morgan fingerprint density at radius 3 is 2.15 bits per heavy atom. The molecule has 13 heavy (non-hydrogen) atoms. The Morgan fingerprint density at radius 1 is 1.23 bits per heavy atom. The van der Waals surface area contributed by atoms with E-state index in [2.05, 4.69) is 0 Å². The summed E-state index contributed by atoms with van der Waals surface area (Å²) in [6.45, 7) is -0.270. The quantitative estimate of drug-likeness (QED) is 0.583. The molecule has 0 aromatic heterocycles. The van der Waals surface area contributed by atoms with Crippen LogP contribution < -0.4 is 0 Å². The molecule has 0 unspecified atom stereocenters. The first kappa shape index (κ1) is 12.7. The number of rotatable bonds is 4. The number of halogens is 5. The van der Waals surface area contributed by atoms with Crippen molar-refractivity contribution < 1.29 is 27.1 Å². The topological polar surface area (TPSA) is 20.2 Å². The molecule has 0 aliphatic heterocycles. The largest absolute Gasteiger partial charge is 0.446 e. The number of aliphatic hydroxyl groups excluding tert-OH is 1. The predicted octanol–water partition coefficient (Wildman–Crippen LogP) is 2.77. The predicted molar refractivity (Wildman–Crippen MR) is 39.5 cm³/mol. The molecule has 0 saturated heterocycles. The van der Waals surface area contributed by atoms with Crippen molar-refractivity contribution in [2.75, 3.05) is 12.4 Å². The minimum atomic E-state index is -5.27. The molecule has 0 radical (unpaired) electrons. The normalized spacial score (nSPS) is 14.3. The van der Waals surface area contributed by atoms with Crippen LogP contribution in [0.4, 0.5) is 22.0 Å². The zero-order chi connectivity index (χ0) is 10.5. The Morgan fingerprint density at radius 2 is 1.77 bits per heavy atom. The van der Waals surface area contributed by atoms with Crippen LogP contribution in [-0.2, 0) is 0 Å². The van der Waals surface area contributed by atoms with Crippen molar-refractivity contribution in [2.45, 2.75) is 12.6 Å². The van der Waals surface area contributed by atoms with Crippen LogP contribution in [0.1, 0.15) is 6.42 Å². The lowest BCUT2D eigenvalue weighted by atomic mass is 10.5. The third-order valence-corrected chi connectivity index (χ3v) is 1.88. The molecule has 0 spiro atoms. The van der Waals surface area contributed by atoms with Gasteiger partial charge in [0.15, 0.2) is 5.16 Å². The summed E-state index contributed by atoms with van der Waals surface area (Å²) >= 11 is 0.0939. The van der Waals surface area contributed by atoms with E-state index in [1.807, 2.05) is 0 Å². The molecule has 7 heteroatoms. The van der Waals surface area contributed by atoms with Crippen molar-refractivity contribution in [1.29, 1.82) is 0 Å². The fourth-order valence-corrected chi connectivity index (χ4v) is 1.10. The first-order valence-corrected chi connectivity index (χ1v) is 4.24. The van der Waals surface area contributed by atoms with E-state index in [0.717, 1.165) is 0 Å². The molecule has 1 nitrogen and oxygen atoms in total. The van der Waals surface area contributed by atoms with Gasteiger partial charge in [0.05, 0.1) is 0 Å². The molecule has 0 aliphatic rings. The van der Waals surface area contributed by atoms with Gasteiger partial charge in [-0.15, -0.1) is 0 Å². The Hall–Kier alpha value is -0.300. The first-order chi connectivity index (χ1) is 5.89. The minimum Gasteiger partial charge on any atom is -0.396 e. The zero-order valence-corrected chi connectivity index (χ0v) is 7.18. The van der Waals surface area contributed by atoms with E-state index in [1.54, 1.807) is 0 Å². The summed E-state index contributed by atoms with van der Waals surface area (Å²) in [5.41, 5.74) is 0. The number of allylic oxidation sites excluding steroid dienone is 1. The maximum Gasteiger partial charge on any atom is 0.446 e. The van der Waals surface area contributed by atoms with Crippen LogP contribution in [0.25, 0.3) is 0 Å². The number of alkyl halides is 3. The Kier molecular flexibility index (Phi) is 5.31. The van der Waals surface area contributed by atoms with Crippen molar-refractivity contribution in [3.63, 3.8) is 0 Å². The van der Waals surface area contributed by atoms with E-state index in [9.17, 15) is 22.0 Å². The van der Waals surface area contributed by atoms with Gasteiger partial charge < -0.3 is 5.11 Å². The Labute approximate surface area is 75.6 Å². The zero-order valence-electron chi connectivity index (χ0n) is 6.37. The van der Waals surface area contributed by atoms with E-state index in [1.165, 1.54) is 0 Å². The minimum absolute atomic E-state index is 0.0914. The fourth-order valence-electron chi connectivity index (χ4n) is 0.401. The lowest BCUT2D eigenvalue weighted by Gasteiger charge is -2.03. The second-order valence-corrected chi connectivity index (χ2v) is 3.07. The molecule has 78 valence electrons. The van der Waals surface area contributed by atoms with E-state index in [0.29, 0.717) is 0 Å². The summed E-state index contributed by atoms with van der Waals surface area (Å²) in [5, 5.41) is 6.32. The van der Waals surface area contributed by atoms with Crippen LogP contribution in [-0.4, -0.2) is 23.6 Å². The monoisotopic (exact) mass is 222 g/mol. The highest BCUT2D eigenvalue weighted by atomic mass is 32.2. The van der Waals surface area contributed by atoms with Crippen LogP contribution in [0.5, 0.6) is 0 Å². The number of thioether (sulfide) groups is 1. The molecule has 0 fully saturated rings. The maximum atomic E-state index is 12.3. The molecule has 0 bridgehead atoms. The third kappa shape index (κ3) is 5.09. The third-order valence-electron chi connectivity index (χ3n) is 0.953. The fraction of sp³-hybridized carbons (Fsp3) is 0.667. The van der Waals surface area contributed by atoms with Crippen LogP contribution in [0.2, 0.25) is 0 Å². The SMILES string of the molecule is OCCCSC(F)=C(F)C(F)(F)F. The van der Waals surface area contributed by atoms with E-state index < -0.39 is 17.2 Å². The highest BCUT2D eigenvalue weighted by molar-refractivity contribution is 8.02. The van der Waals surface area contributed by atoms with E-state index in [4.69, 9.17) is 5.11 Å². The molecular weight excluding hydrogens is 215 g/mol. The van der Waals surface area contributed by atoms with Crippen LogP contribution >= 0.6 is 11.8 Å². The summed E-state index contributed by atoms with van der Waals surface area (Å²) in [6.07, 6.45) is -5.15. The average Bonchev–Trinajstić information content (AvgIpc) is 2.01. The number of aliphatic hydroxyl groups is 1. The van der Waals surface area contributed by atoms with Gasteiger partial charge in [-0.3, -0.25) is 0 Å². The van der Waals surface area contributed by atoms with E-state index >= 15 is 0 Å². The van der Waals surface area contributed by atoms with Crippen molar-refractivity contribution in [3.8, 4) is 0 Å². The summed E-state index contributed by atoms with van der Waals surface area (Å²) in [5.74, 6) is -2.80. The summed E-state index contributed by atoms with van der Waals surface area (Å²) in [4.78, 5) is 0. The molecule has 0 aromatic rings. The molecule has 0 heterocycles. The lowest BCUT2D eigenvalue weighted by Crippen LogP contribution is -2.08. The lowest BCUT2D eigenvalue weighted by molar-refractivity contribution is -0.110. The van der Waals surface area contributed by atoms with Gasteiger partial charge >= 0.3 is 6.18 Å². The molecule has 0 saturated carbocycles. The molecule has 0 aliphatic carbocycles. The standard InChI is InChI=1S/C6H7F5OS/c7-4(6(9,10)11)5(8)13-3-1-2-12/h12H,1-3H2. The molecular formula is C6H7F5OS. The van der Waals surface area contributed by atoms with Crippen molar-refractivity contribution >= 4 is 11.8 Å². The van der Waals surface area contributed by atoms with Gasteiger partial charge in [-0.2, -0.15) is 22.0 Å².